The van der Waals surface area contributed by atoms with Gasteiger partial charge in [-0.1, -0.05) is 29.8 Å². The maximum absolute atomic E-state index is 12.5. The molecule has 2 aromatic rings. The summed E-state index contributed by atoms with van der Waals surface area (Å²) in [6.45, 7) is 4.34. The molecule has 1 aromatic heterocycles. The van der Waals surface area contributed by atoms with E-state index in [-0.39, 0.29) is 13.5 Å². The second-order valence-corrected chi connectivity index (χ2v) is 6.58. The first kappa shape index (κ1) is 17.2. The quantitative estimate of drug-likeness (QED) is 0.929. The van der Waals surface area contributed by atoms with E-state index in [1.165, 1.54) is 5.56 Å². The van der Waals surface area contributed by atoms with Gasteiger partial charge in [-0.05, 0) is 37.5 Å². The average Bonchev–Trinajstić information content (AvgIpc) is 2.67. The molecular weight excluding hydrogens is 314 g/mol. The van der Waals surface area contributed by atoms with Gasteiger partial charge in [-0.15, -0.1) is 5.10 Å². The zero-order valence-corrected chi connectivity index (χ0v) is 14.9. The van der Waals surface area contributed by atoms with Crippen LogP contribution in [0.4, 0.5) is 10.6 Å². The minimum atomic E-state index is -0.0356. The van der Waals surface area contributed by atoms with E-state index in [4.69, 9.17) is 0 Å². The van der Waals surface area contributed by atoms with E-state index in [1.807, 2.05) is 36.2 Å². The van der Waals surface area contributed by atoms with Gasteiger partial charge in [-0.3, -0.25) is 0 Å². The Morgan fingerprint density at radius 3 is 2.88 bits per heavy atom. The van der Waals surface area contributed by atoms with Gasteiger partial charge in [-0.2, -0.15) is 5.10 Å². The molecule has 3 rings (SSSR count). The summed E-state index contributed by atoms with van der Waals surface area (Å²) in [7, 11) is 1.87. The van der Waals surface area contributed by atoms with Gasteiger partial charge in [0.25, 0.3) is 0 Å². The Balaban J connectivity index is 0.00000243. The van der Waals surface area contributed by atoms with Crippen molar-refractivity contribution in [1.29, 1.82) is 0 Å². The summed E-state index contributed by atoms with van der Waals surface area (Å²) in [6, 6.07) is 12.2. The largest absolute Gasteiger partial charge is 0.353 e. The van der Waals surface area contributed by atoms with Crippen LogP contribution in [0.25, 0.3) is 0 Å². The lowest BCUT2D eigenvalue weighted by atomic mass is 10.0. The summed E-state index contributed by atoms with van der Waals surface area (Å²) in [5.74, 6) is 0.876. The van der Waals surface area contributed by atoms with E-state index in [0.29, 0.717) is 6.54 Å². The summed E-state index contributed by atoms with van der Waals surface area (Å²) >= 11 is 0. The Morgan fingerprint density at radius 2 is 2.16 bits per heavy atom. The number of hydrogen-bond donors (Lipinski definition) is 1. The fourth-order valence-electron chi connectivity index (χ4n) is 3.12. The number of nitrogens with one attached hydrogen (secondary N) is 1. The normalized spacial score (nSPS) is 17.2. The minimum absolute atomic E-state index is 0. The molecule has 6 heteroatoms. The maximum atomic E-state index is 12.5. The average molecular weight is 341 g/mol. The molecule has 1 N–H and O–H groups in total. The van der Waals surface area contributed by atoms with Crippen LogP contribution in [0.3, 0.4) is 0 Å². The van der Waals surface area contributed by atoms with Crippen LogP contribution in [0.1, 0.15) is 25.4 Å². The molecule has 25 heavy (non-hydrogen) atoms. The number of carbonyl (C=O) groups excluding carboxylic acids is 1. The molecule has 1 saturated heterocycles. The summed E-state index contributed by atoms with van der Waals surface area (Å²) in [6.07, 6.45) is 3.72. The van der Waals surface area contributed by atoms with E-state index in [9.17, 15) is 4.79 Å². The molecule has 1 fully saturated rings. The van der Waals surface area contributed by atoms with Crippen LogP contribution in [0.5, 0.6) is 0 Å². The van der Waals surface area contributed by atoms with Crippen LogP contribution in [0, 0.1) is 6.92 Å². The maximum Gasteiger partial charge on any atom is 0.317 e. The number of anilines is 1. The summed E-state index contributed by atoms with van der Waals surface area (Å²) < 4.78 is 0. The van der Waals surface area contributed by atoms with Crippen molar-refractivity contribution in [1.82, 2.24) is 20.4 Å². The third-order valence-electron chi connectivity index (χ3n) is 4.71. The predicted molar refractivity (Wildman–Crippen MR) is 101 cm³/mol. The lowest BCUT2D eigenvalue weighted by Crippen LogP contribution is -2.51. The van der Waals surface area contributed by atoms with Gasteiger partial charge in [0.05, 0.1) is 6.04 Å². The van der Waals surface area contributed by atoms with Crippen molar-refractivity contribution in [2.75, 3.05) is 25.0 Å². The topological polar surface area (TPSA) is 61.4 Å². The van der Waals surface area contributed by atoms with Crippen molar-refractivity contribution in [3.8, 4) is 0 Å². The number of amides is 2. The number of carbonyl (C=O) groups is 1. The van der Waals surface area contributed by atoms with Crippen LogP contribution in [-0.4, -0.2) is 47.3 Å². The molecule has 1 aromatic carbocycles. The third kappa shape index (κ3) is 4.47. The van der Waals surface area contributed by atoms with Crippen LogP contribution < -0.4 is 10.2 Å². The highest BCUT2D eigenvalue weighted by Gasteiger charge is 2.26. The number of piperidine rings is 1. The number of aromatic nitrogens is 2. The van der Waals surface area contributed by atoms with E-state index < -0.39 is 0 Å². The molecule has 1 atom stereocenters. The van der Waals surface area contributed by atoms with Crippen molar-refractivity contribution >= 4 is 11.8 Å². The monoisotopic (exact) mass is 341 g/mol. The van der Waals surface area contributed by atoms with E-state index in [2.05, 4.69) is 39.5 Å². The van der Waals surface area contributed by atoms with Crippen molar-refractivity contribution in [2.24, 2.45) is 0 Å². The van der Waals surface area contributed by atoms with Gasteiger partial charge in [0, 0.05) is 34.3 Å². The second-order valence-electron chi connectivity index (χ2n) is 6.58. The highest BCUT2D eigenvalue weighted by atomic mass is 16.2. The lowest BCUT2D eigenvalue weighted by Gasteiger charge is -2.37. The SMILES string of the molecule is Cc1ccc(CNC(=O)N(C)[C@@H]2CCCN(c3cccnn3)C2)cc1.[HH]. The Labute approximate surface area is 150 Å². The van der Waals surface area contributed by atoms with Crippen molar-refractivity contribution in [2.45, 2.75) is 32.4 Å². The number of nitrogens with zero attached hydrogens (tertiary/aromatic N) is 4. The molecule has 1 aliphatic rings. The molecule has 2 amide bonds. The molecule has 0 saturated carbocycles. The van der Waals surface area contributed by atoms with Gasteiger partial charge < -0.3 is 15.1 Å². The lowest BCUT2D eigenvalue weighted by molar-refractivity contribution is 0.182. The fraction of sp³-hybridized carbons (Fsp3) is 0.421. The predicted octanol–water partition coefficient (Wildman–Crippen LogP) is 2.84. The molecule has 6 nitrogen and oxygen atoms in total. The first-order valence-electron chi connectivity index (χ1n) is 8.72. The Morgan fingerprint density at radius 1 is 1.36 bits per heavy atom. The van der Waals surface area contributed by atoms with Gasteiger partial charge in [-0.25, -0.2) is 4.79 Å². The fourth-order valence-corrected chi connectivity index (χ4v) is 3.12. The number of rotatable bonds is 4. The summed E-state index contributed by atoms with van der Waals surface area (Å²) in [5, 5.41) is 11.1. The van der Waals surface area contributed by atoms with Gasteiger partial charge >= 0.3 is 6.03 Å². The number of benzene rings is 1. The Bertz CT molecular complexity index is 695. The standard InChI is InChI=1S/C19H25N5O.H2/c1-15-7-9-16(10-8-15)13-20-19(25)23(2)17-5-4-12-24(14-17)18-6-3-11-21-22-18;/h3,6-11,17H,4-5,12-14H2,1-2H3,(H,20,25);1H/t17-;/m1./s1. The molecule has 0 radical (unpaired) electrons. The van der Waals surface area contributed by atoms with Gasteiger partial charge in [0.15, 0.2) is 5.82 Å². The van der Waals surface area contributed by atoms with Crippen LogP contribution in [-0.2, 0) is 6.54 Å². The van der Waals surface area contributed by atoms with Crippen molar-refractivity contribution in [3.63, 3.8) is 0 Å². The first-order chi connectivity index (χ1) is 12.1. The Hall–Kier alpha value is -2.63. The molecular formula is C19H27N5O. The summed E-state index contributed by atoms with van der Waals surface area (Å²) in [4.78, 5) is 16.5. The molecule has 134 valence electrons. The Kier molecular flexibility index (Phi) is 5.48. The van der Waals surface area contributed by atoms with E-state index >= 15 is 0 Å². The molecule has 0 unspecified atom stereocenters. The molecule has 0 spiro atoms. The number of likely N-dealkylation sites (N-methyl/N-ethyl adjacent to an activating group) is 1. The van der Waals surface area contributed by atoms with E-state index in [0.717, 1.165) is 37.3 Å². The summed E-state index contributed by atoms with van der Waals surface area (Å²) in [5.41, 5.74) is 2.33. The highest BCUT2D eigenvalue weighted by Crippen LogP contribution is 2.19. The van der Waals surface area contributed by atoms with E-state index in [1.54, 1.807) is 6.20 Å². The molecule has 1 aliphatic heterocycles. The van der Waals surface area contributed by atoms with Crippen LogP contribution in [0.2, 0.25) is 0 Å². The van der Waals surface area contributed by atoms with Gasteiger partial charge in [0.2, 0.25) is 0 Å². The first-order valence-corrected chi connectivity index (χ1v) is 8.72. The second kappa shape index (κ2) is 7.96. The zero-order chi connectivity index (χ0) is 17.6. The molecule has 0 aliphatic carbocycles. The smallest absolute Gasteiger partial charge is 0.317 e. The molecule has 2 heterocycles. The van der Waals surface area contributed by atoms with Crippen LogP contribution >= 0.6 is 0 Å². The third-order valence-corrected chi connectivity index (χ3v) is 4.71. The number of urea groups is 1. The van der Waals surface area contributed by atoms with Crippen molar-refractivity contribution in [3.05, 3.63) is 53.7 Å². The molecule has 0 bridgehead atoms. The highest BCUT2D eigenvalue weighted by molar-refractivity contribution is 5.74. The van der Waals surface area contributed by atoms with Gasteiger partial charge in [0.1, 0.15) is 0 Å². The number of hydrogen-bond acceptors (Lipinski definition) is 4. The van der Waals surface area contributed by atoms with Crippen molar-refractivity contribution < 1.29 is 6.22 Å². The van der Waals surface area contributed by atoms with Crippen LogP contribution in [0.15, 0.2) is 42.6 Å². The number of aryl methyl sites for hydroxylation is 1. The minimum Gasteiger partial charge on any atom is -0.353 e. The zero-order valence-electron chi connectivity index (χ0n) is 14.9.